The van der Waals surface area contributed by atoms with Gasteiger partial charge in [0.05, 0.1) is 24.3 Å². The molecule has 0 fully saturated rings. The van der Waals surface area contributed by atoms with Crippen molar-refractivity contribution in [2.24, 2.45) is 11.8 Å². The molecule has 0 unspecified atom stereocenters. The third kappa shape index (κ3) is 6.24. The van der Waals surface area contributed by atoms with Crippen molar-refractivity contribution in [2.75, 3.05) is 4.90 Å². The Morgan fingerprint density at radius 3 is 2.61 bits per heavy atom. The second-order valence-electron chi connectivity index (χ2n) is 11.1. The van der Waals surface area contributed by atoms with Crippen molar-refractivity contribution in [1.29, 1.82) is 0 Å². The summed E-state index contributed by atoms with van der Waals surface area (Å²) in [5.74, 6) is -1.42. The molecular formula is C32H37N5O4. The van der Waals surface area contributed by atoms with E-state index in [1.165, 1.54) is 0 Å². The lowest BCUT2D eigenvalue weighted by molar-refractivity contribution is -0.134. The molecule has 3 aromatic rings. The zero-order valence-electron chi connectivity index (χ0n) is 23.6. The van der Waals surface area contributed by atoms with Gasteiger partial charge in [-0.25, -0.2) is 4.98 Å². The minimum absolute atomic E-state index is 0.00515. The van der Waals surface area contributed by atoms with Crippen molar-refractivity contribution in [3.8, 4) is 0 Å². The second-order valence-corrected chi connectivity index (χ2v) is 11.1. The van der Waals surface area contributed by atoms with E-state index in [2.05, 4.69) is 20.6 Å². The van der Waals surface area contributed by atoms with Gasteiger partial charge in [-0.3, -0.25) is 24.1 Å². The molecule has 3 N–H and O–H groups in total. The molecule has 4 atom stereocenters. The summed E-state index contributed by atoms with van der Waals surface area (Å²) in [5, 5.41) is 5.92. The summed E-state index contributed by atoms with van der Waals surface area (Å²) < 4.78 is 0. The quantitative estimate of drug-likeness (QED) is 0.335. The summed E-state index contributed by atoms with van der Waals surface area (Å²) >= 11 is 0. The zero-order valence-corrected chi connectivity index (χ0v) is 23.6. The number of rotatable bonds is 11. The molecule has 214 valence electrons. The van der Waals surface area contributed by atoms with Gasteiger partial charge in [0.15, 0.2) is 0 Å². The number of aromatic amines is 1. The number of para-hydroxylation sites is 1. The number of carbonyl (C=O) groups is 4. The number of hydrogen-bond donors (Lipinski definition) is 3. The number of nitrogens with one attached hydrogen (secondary N) is 3. The van der Waals surface area contributed by atoms with Gasteiger partial charge in [-0.15, -0.1) is 0 Å². The Hall–Kier alpha value is -4.27. The van der Waals surface area contributed by atoms with Gasteiger partial charge < -0.3 is 15.6 Å². The SMILES string of the molecule is CC[C@H](C)[C@H](CC(=O)Cc1ccccc1)C(=O)N[C@H]1CCc2cccc3c2N(C1=O)[C@H](C(=O)NCc1cnc[nH]1)C3. The number of H-pyrrole nitrogens is 1. The van der Waals surface area contributed by atoms with Crippen LogP contribution in [0.3, 0.4) is 0 Å². The molecule has 1 aromatic heterocycles. The number of aryl methyl sites for hydroxylation is 1. The van der Waals surface area contributed by atoms with Crippen LogP contribution in [0.25, 0.3) is 0 Å². The van der Waals surface area contributed by atoms with Crippen LogP contribution < -0.4 is 15.5 Å². The molecule has 0 radical (unpaired) electrons. The van der Waals surface area contributed by atoms with Crippen LogP contribution in [0.2, 0.25) is 0 Å². The lowest BCUT2D eigenvalue weighted by Crippen LogP contribution is -2.55. The first-order valence-corrected chi connectivity index (χ1v) is 14.4. The van der Waals surface area contributed by atoms with Gasteiger partial charge in [0, 0.05) is 31.4 Å². The molecular weight excluding hydrogens is 518 g/mol. The summed E-state index contributed by atoms with van der Waals surface area (Å²) in [4.78, 5) is 62.5. The van der Waals surface area contributed by atoms with Crippen molar-refractivity contribution >= 4 is 29.2 Å². The van der Waals surface area contributed by atoms with E-state index in [9.17, 15) is 19.2 Å². The van der Waals surface area contributed by atoms with Gasteiger partial charge in [-0.2, -0.15) is 0 Å². The van der Waals surface area contributed by atoms with Crippen LogP contribution in [-0.4, -0.2) is 45.6 Å². The zero-order chi connectivity index (χ0) is 28.9. The first-order chi connectivity index (χ1) is 19.9. The predicted octanol–water partition coefficient (Wildman–Crippen LogP) is 3.28. The van der Waals surface area contributed by atoms with Crippen LogP contribution in [0.1, 0.15) is 55.5 Å². The first kappa shape index (κ1) is 28.3. The van der Waals surface area contributed by atoms with Crippen molar-refractivity contribution in [1.82, 2.24) is 20.6 Å². The third-order valence-electron chi connectivity index (χ3n) is 8.39. The number of hydrogen-bond acceptors (Lipinski definition) is 5. The molecule has 2 aliphatic heterocycles. The van der Waals surface area contributed by atoms with Crippen molar-refractivity contribution < 1.29 is 19.2 Å². The number of anilines is 1. The van der Waals surface area contributed by atoms with E-state index in [1.54, 1.807) is 17.4 Å². The fourth-order valence-corrected chi connectivity index (χ4v) is 5.91. The summed E-state index contributed by atoms with van der Waals surface area (Å²) in [6.45, 7) is 4.24. The Labute approximate surface area is 240 Å². The summed E-state index contributed by atoms with van der Waals surface area (Å²) in [6, 6.07) is 13.9. The number of ketones is 1. The van der Waals surface area contributed by atoms with E-state index in [0.717, 1.165) is 34.5 Å². The number of nitrogens with zero attached hydrogens (tertiary/aromatic N) is 2. The van der Waals surface area contributed by atoms with Crippen LogP contribution in [-0.2, 0) is 45.0 Å². The fourth-order valence-electron chi connectivity index (χ4n) is 5.91. The highest BCUT2D eigenvalue weighted by Crippen LogP contribution is 2.39. The largest absolute Gasteiger partial charge is 0.349 e. The first-order valence-electron chi connectivity index (χ1n) is 14.4. The number of carbonyl (C=O) groups excluding carboxylic acids is 4. The Morgan fingerprint density at radius 1 is 1.10 bits per heavy atom. The van der Waals surface area contributed by atoms with Crippen molar-refractivity contribution in [3.05, 3.63) is 83.4 Å². The van der Waals surface area contributed by atoms with E-state index in [0.29, 0.717) is 19.3 Å². The minimum atomic E-state index is -0.792. The monoisotopic (exact) mass is 555 g/mol. The van der Waals surface area contributed by atoms with Crippen LogP contribution in [0.15, 0.2) is 61.1 Å². The molecule has 2 aromatic carbocycles. The summed E-state index contributed by atoms with van der Waals surface area (Å²) in [5.41, 5.74) is 4.41. The maximum Gasteiger partial charge on any atom is 0.250 e. The molecule has 0 saturated heterocycles. The van der Waals surface area contributed by atoms with Gasteiger partial charge in [0.2, 0.25) is 17.7 Å². The highest BCUT2D eigenvalue weighted by Gasteiger charge is 2.44. The van der Waals surface area contributed by atoms with Crippen molar-refractivity contribution in [2.45, 2.75) is 71.0 Å². The molecule has 0 bridgehead atoms. The van der Waals surface area contributed by atoms with E-state index in [4.69, 9.17) is 0 Å². The Morgan fingerprint density at radius 2 is 1.88 bits per heavy atom. The molecule has 3 heterocycles. The summed E-state index contributed by atoms with van der Waals surface area (Å²) in [7, 11) is 0. The summed E-state index contributed by atoms with van der Waals surface area (Å²) in [6.07, 6.45) is 5.73. The number of imidazole rings is 1. The topological polar surface area (TPSA) is 124 Å². The number of benzene rings is 2. The lowest BCUT2D eigenvalue weighted by atomic mass is 9.85. The van der Waals surface area contributed by atoms with Crippen LogP contribution >= 0.6 is 0 Å². The molecule has 0 spiro atoms. The second kappa shape index (κ2) is 12.5. The molecule has 0 saturated carbocycles. The maximum absolute atomic E-state index is 14.0. The average molecular weight is 556 g/mol. The Kier molecular flexibility index (Phi) is 8.61. The Balaban J connectivity index is 1.32. The van der Waals surface area contributed by atoms with Gasteiger partial charge in [-0.05, 0) is 35.4 Å². The normalized spacial score (nSPS) is 19.2. The van der Waals surface area contributed by atoms with Crippen LogP contribution in [0.5, 0.6) is 0 Å². The van der Waals surface area contributed by atoms with E-state index in [1.807, 2.05) is 62.4 Å². The van der Waals surface area contributed by atoms with E-state index in [-0.39, 0.29) is 48.8 Å². The predicted molar refractivity (Wildman–Crippen MR) is 155 cm³/mol. The minimum Gasteiger partial charge on any atom is -0.349 e. The fraction of sp³-hybridized carbons (Fsp3) is 0.406. The molecule has 41 heavy (non-hydrogen) atoms. The van der Waals surface area contributed by atoms with Crippen LogP contribution in [0, 0.1) is 11.8 Å². The lowest BCUT2D eigenvalue weighted by Gasteiger charge is -2.29. The molecule has 5 rings (SSSR count). The molecule has 9 heteroatoms. The number of Topliss-reactive ketones (excluding diaryl/α,β-unsaturated/α-hetero) is 1. The maximum atomic E-state index is 14.0. The third-order valence-corrected chi connectivity index (χ3v) is 8.39. The Bertz CT molecular complexity index is 1400. The molecule has 0 aliphatic carbocycles. The van der Waals surface area contributed by atoms with E-state index < -0.39 is 18.0 Å². The highest BCUT2D eigenvalue weighted by atomic mass is 16.2. The molecule has 2 aliphatic rings. The standard InChI is InChI=1S/C32H37N5O4/c1-3-20(2)26(16-25(38)14-21-8-5-4-6-9-21)30(39)36-27-13-12-22-10-7-11-23-15-28(37(29(22)23)32(27)41)31(40)34-18-24-17-33-19-35-24/h4-11,17,19-20,26-28H,3,12-16,18H2,1-2H3,(H,33,35)(H,34,40)(H,36,39)/t20-,26-,27-,28-/m0/s1. The number of amides is 3. The van der Waals surface area contributed by atoms with Gasteiger partial charge in [0.1, 0.15) is 17.9 Å². The average Bonchev–Trinajstić information content (AvgIpc) is 3.62. The smallest absolute Gasteiger partial charge is 0.250 e. The van der Waals surface area contributed by atoms with Gasteiger partial charge in [0.25, 0.3) is 0 Å². The molecule has 3 amide bonds. The van der Waals surface area contributed by atoms with Crippen molar-refractivity contribution in [3.63, 3.8) is 0 Å². The highest BCUT2D eigenvalue weighted by molar-refractivity contribution is 6.08. The van der Waals surface area contributed by atoms with E-state index >= 15 is 0 Å². The van der Waals surface area contributed by atoms with Gasteiger partial charge >= 0.3 is 0 Å². The van der Waals surface area contributed by atoms with Gasteiger partial charge in [-0.1, -0.05) is 68.8 Å². The molecule has 9 nitrogen and oxygen atoms in total. The van der Waals surface area contributed by atoms with Crippen LogP contribution in [0.4, 0.5) is 5.69 Å². The number of aromatic nitrogens is 2.